The van der Waals surface area contributed by atoms with Crippen molar-refractivity contribution in [1.29, 1.82) is 0 Å². The maximum Gasteiger partial charge on any atom is 0.276 e. The summed E-state index contributed by atoms with van der Waals surface area (Å²) in [6, 6.07) is 79.7. The topological polar surface area (TPSA) is 186 Å². The summed E-state index contributed by atoms with van der Waals surface area (Å²) in [5, 5.41) is 8.57. The maximum atomic E-state index is 12.9. The fraction of sp³-hybridized carbons (Fsp3) is 0.114. The van der Waals surface area contributed by atoms with Crippen LogP contribution in [0.1, 0.15) is 97.6 Å². The summed E-state index contributed by atoms with van der Waals surface area (Å²) in [6.45, 7) is 7.67. The number of alkyl halides is 1. The average Bonchev–Trinajstić information content (AvgIpc) is 0.946. The van der Waals surface area contributed by atoms with Crippen molar-refractivity contribution in [3.05, 3.63) is 407 Å². The molecule has 566 valence electrons. The molecule has 111 heavy (non-hydrogen) atoms. The Morgan fingerprint density at radius 1 is 0.459 bits per heavy atom. The molecule has 14 rings (SSSR count). The van der Waals surface area contributed by atoms with Crippen LogP contribution < -0.4 is 21.3 Å². The van der Waals surface area contributed by atoms with E-state index in [1.54, 1.807) is 55.1 Å². The van der Waals surface area contributed by atoms with Gasteiger partial charge in [0.2, 0.25) is 5.78 Å². The summed E-state index contributed by atoms with van der Waals surface area (Å²) in [7, 11) is 1.77. The second kappa shape index (κ2) is 50.2. The number of nitrogens with two attached hydrogens (primary N) is 1. The Labute approximate surface area is 757 Å². The van der Waals surface area contributed by atoms with Crippen molar-refractivity contribution >= 4 is 199 Å². The van der Waals surface area contributed by atoms with Crippen molar-refractivity contribution in [3.63, 3.8) is 0 Å². The number of benzene rings is 8. The van der Waals surface area contributed by atoms with Crippen LogP contribution in [0.25, 0.3) is 0 Å². The number of anilines is 4. The number of carbonyl (C=O) groups excluding carboxylic acids is 4. The van der Waals surface area contributed by atoms with Crippen LogP contribution in [-0.4, -0.2) is 60.4 Å². The number of halogens is 9. The zero-order chi connectivity index (χ0) is 79.3. The Balaban J connectivity index is 0.000000210. The van der Waals surface area contributed by atoms with E-state index in [1.807, 2.05) is 261 Å². The van der Waals surface area contributed by atoms with Gasteiger partial charge in [-0.3, -0.25) is 39.1 Å². The number of nitrogen functional groups attached to an aromatic ring is 1. The first-order chi connectivity index (χ1) is 53.1. The number of rotatable bonds is 12. The van der Waals surface area contributed by atoms with Crippen molar-refractivity contribution in [1.82, 2.24) is 24.9 Å². The molecule has 4 N–H and O–H groups in total. The number of nitrogens with one attached hydrogen (secondary N) is 2. The Hall–Kier alpha value is -7.13. The largest absolute Gasteiger partial charge is 0.399 e. The number of nitrogens with zero attached hydrogens (tertiary/aromatic N) is 6. The van der Waals surface area contributed by atoms with Crippen LogP contribution >= 0.6 is 153 Å². The number of pyridine rings is 5. The molecular formula is C88H77BrCl4I4N9O4U-. The van der Waals surface area contributed by atoms with E-state index in [9.17, 15) is 19.2 Å². The average molecular weight is 2290 g/mol. The Morgan fingerprint density at radius 3 is 1.35 bits per heavy atom. The molecule has 13 aromatic rings. The van der Waals surface area contributed by atoms with Gasteiger partial charge in [-0.25, -0.2) is 4.98 Å². The van der Waals surface area contributed by atoms with Gasteiger partial charge in [-0.1, -0.05) is 182 Å². The second-order valence-electron chi connectivity index (χ2n) is 23.9. The number of hydrogen-bond acceptors (Lipinski definition) is 10. The van der Waals surface area contributed by atoms with Gasteiger partial charge < -0.3 is 21.3 Å². The van der Waals surface area contributed by atoms with Crippen LogP contribution in [0.2, 0.25) is 20.1 Å². The van der Waals surface area contributed by atoms with Gasteiger partial charge in [-0.2, -0.15) is 12.5 Å². The predicted octanol–water partition coefficient (Wildman–Crippen LogP) is 24.1. The number of carbonyl (C=O) groups is 4. The van der Waals surface area contributed by atoms with E-state index in [4.69, 9.17) is 52.1 Å². The Bertz CT molecular complexity index is 5110. The SMILES string of the molecule is CI.CN(C(=O)c1ncccc1CCc1cc(Cl)ccc1I)c1ccccc1.Cc1cccnc1Br.Cc1cccnc1C(=O)Nc1ccccc1.Nc1ccccc1.O=C(Nc1ccccc1)c1ncccc1CCc1cc(Cl)ccc1I.O=C1c2ccc(Cl)cc2CCc2cccnc21.[CH2-]c1cc(Cl)ccc1I.[U]. The molecule has 0 fully saturated rings. The van der Waals surface area contributed by atoms with E-state index in [2.05, 4.69) is 149 Å². The number of fused-ring (bicyclic) bond motifs is 2. The summed E-state index contributed by atoms with van der Waals surface area (Å²) >= 11 is 36.1. The fourth-order valence-electron chi connectivity index (χ4n) is 10.5. The smallest absolute Gasteiger partial charge is 0.276 e. The number of hydrogen-bond donors (Lipinski definition) is 3. The zero-order valence-corrected chi connectivity index (χ0v) is 78.3. The maximum absolute atomic E-state index is 12.9. The van der Waals surface area contributed by atoms with Gasteiger partial charge in [0, 0.05) is 120 Å². The van der Waals surface area contributed by atoms with E-state index in [0.29, 0.717) is 27.8 Å². The van der Waals surface area contributed by atoms with Gasteiger partial charge >= 0.3 is 0 Å². The van der Waals surface area contributed by atoms with Crippen LogP contribution in [0.4, 0.5) is 22.7 Å². The molecule has 0 saturated carbocycles. The first-order valence-electron chi connectivity index (χ1n) is 34.1. The summed E-state index contributed by atoms with van der Waals surface area (Å²) in [6.07, 6.45) is 13.1. The van der Waals surface area contributed by atoms with Gasteiger partial charge in [-0.15, -0.1) is 34.7 Å². The molecule has 0 bridgehead atoms. The minimum atomic E-state index is -0.192. The molecule has 13 nitrogen and oxygen atoms in total. The van der Waals surface area contributed by atoms with E-state index in [1.165, 1.54) is 23.8 Å². The summed E-state index contributed by atoms with van der Waals surface area (Å²) in [5.41, 5.74) is 20.6. The van der Waals surface area contributed by atoms with Gasteiger partial charge in [0.25, 0.3) is 17.7 Å². The minimum Gasteiger partial charge on any atom is -0.399 e. The molecule has 3 amide bonds. The molecule has 5 heterocycles. The van der Waals surface area contributed by atoms with Crippen molar-refractivity contribution in [2.24, 2.45) is 0 Å². The Kier molecular flexibility index (Phi) is 41.9. The monoisotopic (exact) mass is 2290 g/mol. The molecule has 23 heteroatoms. The molecule has 0 saturated heterocycles. The first-order valence-corrected chi connectivity index (χ1v) is 41.8. The van der Waals surface area contributed by atoms with Crippen LogP contribution in [0, 0.1) is 62.6 Å². The molecule has 1 aliphatic carbocycles. The van der Waals surface area contributed by atoms with E-state index < -0.39 is 0 Å². The molecule has 1 aliphatic rings. The molecule has 0 aliphatic heterocycles. The molecule has 5 aromatic heterocycles. The van der Waals surface area contributed by atoms with Crippen LogP contribution in [-0.2, 0) is 38.5 Å². The van der Waals surface area contributed by atoms with E-state index >= 15 is 0 Å². The second-order valence-corrected chi connectivity index (χ2v) is 29.9. The van der Waals surface area contributed by atoms with Gasteiger partial charge in [0.1, 0.15) is 27.4 Å². The number of aromatic nitrogens is 5. The summed E-state index contributed by atoms with van der Waals surface area (Å²) in [5.74, 6) is -0.468. The fourth-order valence-corrected chi connectivity index (χ4v) is 13.0. The molecule has 0 unspecified atom stereocenters. The Morgan fingerprint density at radius 2 is 0.865 bits per heavy atom. The van der Waals surface area contributed by atoms with Gasteiger partial charge in [-0.05, 0) is 301 Å². The number of amides is 3. The minimum absolute atomic E-state index is 0. The van der Waals surface area contributed by atoms with Crippen molar-refractivity contribution < 1.29 is 50.3 Å². The third-order valence-electron chi connectivity index (χ3n) is 16.1. The van der Waals surface area contributed by atoms with E-state index in [0.717, 1.165) is 123 Å². The van der Waals surface area contributed by atoms with Gasteiger partial charge in [0.15, 0.2) is 0 Å². The van der Waals surface area contributed by atoms with Gasteiger partial charge in [0.05, 0.1) is 0 Å². The molecule has 8 aromatic carbocycles. The normalized spacial score (nSPS) is 10.4. The van der Waals surface area contributed by atoms with Crippen molar-refractivity contribution in [2.45, 2.75) is 52.4 Å². The van der Waals surface area contributed by atoms with E-state index in [-0.39, 0.29) is 54.6 Å². The first kappa shape index (κ1) is 92.7. The predicted molar refractivity (Wildman–Crippen MR) is 491 cm³/mol. The molecule has 0 radical (unpaired) electrons. The molecule has 0 atom stereocenters. The van der Waals surface area contributed by atoms with Crippen molar-refractivity contribution in [3.8, 4) is 0 Å². The van der Waals surface area contributed by atoms with Crippen molar-refractivity contribution in [2.75, 3.05) is 33.2 Å². The third-order valence-corrected chi connectivity index (χ3v) is 21.0. The van der Waals surface area contributed by atoms with Crippen LogP contribution in [0.15, 0.2) is 290 Å². The number of aryl methyl sites for hydroxylation is 8. The molecular weight excluding hydrogens is 2210 g/mol. The zero-order valence-electron chi connectivity index (χ0n) is 60.9. The standard InChI is InChI=1S/C21H18ClIN2O.C20H16ClIN2O.C14H10ClNO.C13H12N2O.C7H5ClI.C6H6BrN.C6H7N.CH3I.U/c1-25(18-7-3-2-4-8-18)21(26)20-15(6-5-13-24-20)9-10-16-14-17(22)11-12-19(16)23;21-16-10-11-18(22)15(13-16)9-8-14-5-4-12-23-19(14)20(25)24-17-6-2-1-3-7-17;15-11-5-6-12-10(8-11)4-3-9-2-1-7-16-13(9)14(12)17;1-10-6-5-9-14-12(10)13(16)15-11-7-3-2-4-8-11;1-5-4-6(8)2-3-7(5)9;1-5-3-2-4-8-6(5)7;7-6-4-2-1-3-5-6;1-2;/h2-8,11-14H,9-10H2,1H3;1-7,10-13H,8-9H2,(H,24,25);1-2,5-8H,3-4H2;2-9H,1H3,(H,15,16);2-4H,1H2;2-4H,1H3;1-5H,7H2;1H3;/q;;;;-1;;;;. The molecule has 0 spiro atoms. The third kappa shape index (κ3) is 31.3. The van der Waals surface area contributed by atoms with Crippen LogP contribution in [0.3, 0.4) is 0 Å². The quantitative estimate of drug-likeness (QED) is 0.0349. The van der Waals surface area contributed by atoms with Crippen LogP contribution in [0.5, 0.6) is 0 Å². The number of ketones is 1. The summed E-state index contributed by atoms with van der Waals surface area (Å²) < 4.78 is 4.42. The number of para-hydroxylation sites is 4. The summed E-state index contributed by atoms with van der Waals surface area (Å²) in [4.78, 5) is 74.2.